The monoisotopic (exact) mass is 168 g/mol. The van der Waals surface area contributed by atoms with E-state index in [4.69, 9.17) is 0 Å². The van der Waals surface area contributed by atoms with Gasteiger partial charge in [-0.1, -0.05) is 6.92 Å². The lowest BCUT2D eigenvalue weighted by molar-refractivity contribution is -0.154. The van der Waals surface area contributed by atoms with Crippen LogP contribution in [0.3, 0.4) is 0 Å². The molecule has 2 bridgehead atoms. The highest BCUT2D eigenvalue weighted by atomic mass is 16.4. The molecule has 0 aromatic rings. The Kier molecular flexibility index (Phi) is 1.37. The first-order chi connectivity index (χ1) is 5.51. The fraction of sp³-hybridized carbons (Fsp3) is 0.900. The standard InChI is InChI=1S/C10H16O2/c1-9-5-3-7(4-6-9)10(9,2)8(11)12/h7H,3-6H2,1-2H3,(H,11,12)/t7?,9?,10-/m1/s1. The van der Waals surface area contributed by atoms with Gasteiger partial charge in [-0.15, -0.1) is 0 Å². The van der Waals surface area contributed by atoms with Crippen LogP contribution in [-0.2, 0) is 4.79 Å². The number of carboxylic acid groups (broad SMARTS) is 1. The number of aliphatic carboxylic acids is 1. The first kappa shape index (κ1) is 8.09. The van der Waals surface area contributed by atoms with Crippen molar-refractivity contribution in [2.45, 2.75) is 39.5 Å². The van der Waals surface area contributed by atoms with Crippen molar-refractivity contribution in [2.75, 3.05) is 0 Å². The van der Waals surface area contributed by atoms with E-state index in [2.05, 4.69) is 6.92 Å². The van der Waals surface area contributed by atoms with E-state index in [9.17, 15) is 9.90 Å². The Morgan fingerprint density at radius 3 is 2.00 bits per heavy atom. The van der Waals surface area contributed by atoms with Crippen molar-refractivity contribution in [1.82, 2.24) is 0 Å². The maximum absolute atomic E-state index is 11.2. The van der Waals surface area contributed by atoms with Crippen LogP contribution in [-0.4, -0.2) is 11.1 Å². The van der Waals surface area contributed by atoms with E-state index in [1.165, 1.54) is 0 Å². The number of rotatable bonds is 1. The Hall–Kier alpha value is -0.530. The molecule has 2 nitrogen and oxygen atoms in total. The second-order valence-corrected chi connectivity index (χ2v) is 4.84. The van der Waals surface area contributed by atoms with E-state index in [-0.39, 0.29) is 5.41 Å². The highest BCUT2D eigenvalue weighted by molar-refractivity contribution is 5.77. The third-order valence-electron chi connectivity index (χ3n) is 4.60. The quantitative estimate of drug-likeness (QED) is 0.652. The Morgan fingerprint density at radius 1 is 1.33 bits per heavy atom. The summed E-state index contributed by atoms with van der Waals surface area (Å²) in [5.74, 6) is -0.134. The van der Waals surface area contributed by atoms with Crippen molar-refractivity contribution in [3.8, 4) is 0 Å². The van der Waals surface area contributed by atoms with Gasteiger partial charge in [-0.05, 0) is 43.9 Å². The number of carbonyl (C=O) groups is 1. The summed E-state index contributed by atoms with van der Waals surface area (Å²) >= 11 is 0. The number of fused-ring (bicyclic) bond motifs is 2. The summed E-state index contributed by atoms with van der Waals surface area (Å²) in [5.41, 5.74) is -0.337. The molecule has 2 aliphatic carbocycles. The highest BCUT2D eigenvalue weighted by Gasteiger charge is 2.63. The van der Waals surface area contributed by atoms with Gasteiger partial charge in [-0.3, -0.25) is 4.79 Å². The molecular weight excluding hydrogens is 152 g/mol. The predicted molar refractivity (Wildman–Crippen MR) is 45.8 cm³/mol. The second kappa shape index (κ2) is 2.04. The van der Waals surface area contributed by atoms with Gasteiger partial charge in [0.15, 0.2) is 0 Å². The van der Waals surface area contributed by atoms with Gasteiger partial charge in [-0.25, -0.2) is 0 Å². The summed E-state index contributed by atoms with van der Waals surface area (Å²) in [6.07, 6.45) is 4.47. The van der Waals surface area contributed by atoms with E-state index >= 15 is 0 Å². The van der Waals surface area contributed by atoms with Gasteiger partial charge >= 0.3 is 5.97 Å². The molecule has 0 aromatic heterocycles. The molecule has 0 spiro atoms. The maximum Gasteiger partial charge on any atom is 0.310 e. The minimum absolute atomic E-state index is 0.0868. The molecule has 0 heterocycles. The van der Waals surface area contributed by atoms with Crippen LogP contribution in [0.4, 0.5) is 0 Å². The maximum atomic E-state index is 11.2. The topological polar surface area (TPSA) is 37.3 Å². The van der Waals surface area contributed by atoms with Gasteiger partial charge in [0.2, 0.25) is 0 Å². The van der Waals surface area contributed by atoms with Crippen LogP contribution in [0.1, 0.15) is 39.5 Å². The summed E-state index contributed by atoms with van der Waals surface area (Å²) in [5, 5.41) is 9.22. The van der Waals surface area contributed by atoms with Gasteiger partial charge in [0, 0.05) is 0 Å². The number of hydrogen-bond donors (Lipinski definition) is 1. The molecule has 0 aliphatic heterocycles. The van der Waals surface area contributed by atoms with Crippen LogP contribution in [0.2, 0.25) is 0 Å². The lowest BCUT2D eigenvalue weighted by Crippen LogP contribution is -2.38. The lowest BCUT2D eigenvalue weighted by atomic mass is 9.69. The first-order valence-corrected chi connectivity index (χ1v) is 4.74. The van der Waals surface area contributed by atoms with Crippen LogP contribution in [0.25, 0.3) is 0 Å². The molecule has 1 atom stereocenters. The Morgan fingerprint density at radius 2 is 1.83 bits per heavy atom. The molecule has 0 aromatic carbocycles. The van der Waals surface area contributed by atoms with E-state index in [0.717, 1.165) is 25.7 Å². The van der Waals surface area contributed by atoms with Crippen LogP contribution in [0, 0.1) is 16.7 Å². The molecule has 1 N–H and O–H groups in total. The molecule has 2 heteroatoms. The minimum atomic E-state index is -0.579. The molecule has 2 fully saturated rings. The van der Waals surface area contributed by atoms with Gasteiger partial charge in [0.1, 0.15) is 0 Å². The van der Waals surface area contributed by atoms with Crippen molar-refractivity contribution in [3.05, 3.63) is 0 Å². The molecule has 2 saturated carbocycles. The third-order valence-corrected chi connectivity index (χ3v) is 4.60. The molecule has 0 unspecified atom stereocenters. The summed E-state index contributed by atoms with van der Waals surface area (Å²) < 4.78 is 0. The fourth-order valence-electron chi connectivity index (χ4n) is 3.28. The number of carboxylic acids is 1. The summed E-state index contributed by atoms with van der Waals surface area (Å²) in [6, 6.07) is 0. The van der Waals surface area contributed by atoms with Gasteiger partial charge in [0.25, 0.3) is 0 Å². The van der Waals surface area contributed by atoms with Crippen molar-refractivity contribution >= 4 is 5.97 Å². The number of hydrogen-bond acceptors (Lipinski definition) is 1. The molecule has 2 aliphatic rings. The third kappa shape index (κ3) is 0.644. The summed E-state index contributed by atoms with van der Waals surface area (Å²) in [6.45, 7) is 4.09. The van der Waals surface area contributed by atoms with E-state index < -0.39 is 11.4 Å². The Balaban J connectivity index is 2.43. The minimum Gasteiger partial charge on any atom is -0.481 e. The molecular formula is C10H16O2. The average molecular weight is 168 g/mol. The molecule has 0 amide bonds. The summed E-state index contributed by atoms with van der Waals surface area (Å²) in [7, 11) is 0. The predicted octanol–water partition coefficient (Wildman–Crippen LogP) is 2.29. The van der Waals surface area contributed by atoms with Crippen molar-refractivity contribution in [3.63, 3.8) is 0 Å². The largest absolute Gasteiger partial charge is 0.481 e. The Labute approximate surface area is 73.0 Å². The zero-order chi connectivity index (χ0) is 8.98. The van der Waals surface area contributed by atoms with E-state index in [1.54, 1.807) is 0 Å². The van der Waals surface area contributed by atoms with Crippen molar-refractivity contribution in [1.29, 1.82) is 0 Å². The van der Waals surface area contributed by atoms with Gasteiger partial charge in [0.05, 0.1) is 5.41 Å². The molecule has 0 saturated heterocycles. The van der Waals surface area contributed by atoms with E-state index in [0.29, 0.717) is 5.92 Å². The average Bonchev–Trinajstić information content (AvgIpc) is 2.40. The van der Waals surface area contributed by atoms with Crippen LogP contribution >= 0.6 is 0 Å². The molecule has 2 rings (SSSR count). The normalized spacial score (nSPS) is 51.3. The molecule has 0 radical (unpaired) electrons. The van der Waals surface area contributed by atoms with Crippen LogP contribution < -0.4 is 0 Å². The Bertz CT molecular complexity index is 226. The fourth-order valence-corrected chi connectivity index (χ4v) is 3.28. The van der Waals surface area contributed by atoms with Crippen molar-refractivity contribution in [2.24, 2.45) is 16.7 Å². The molecule has 12 heavy (non-hydrogen) atoms. The zero-order valence-corrected chi connectivity index (χ0v) is 7.76. The second-order valence-electron chi connectivity index (χ2n) is 4.84. The lowest BCUT2D eigenvalue weighted by Gasteiger charge is -2.33. The van der Waals surface area contributed by atoms with Gasteiger partial charge in [-0.2, -0.15) is 0 Å². The molecule has 68 valence electrons. The van der Waals surface area contributed by atoms with Crippen LogP contribution in [0.15, 0.2) is 0 Å². The summed E-state index contributed by atoms with van der Waals surface area (Å²) in [4.78, 5) is 11.2. The van der Waals surface area contributed by atoms with Gasteiger partial charge < -0.3 is 5.11 Å². The van der Waals surface area contributed by atoms with Crippen molar-refractivity contribution < 1.29 is 9.90 Å². The smallest absolute Gasteiger partial charge is 0.310 e. The zero-order valence-electron chi connectivity index (χ0n) is 7.76. The highest BCUT2D eigenvalue weighted by Crippen LogP contribution is 2.65. The SMILES string of the molecule is CC12CCC(CC1)[C@]2(C)C(=O)O. The van der Waals surface area contributed by atoms with E-state index in [1.807, 2.05) is 6.92 Å². The van der Waals surface area contributed by atoms with Crippen LogP contribution in [0.5, 0.6) is 0 Å². The first-order valence-electron chi connectivity index (χ1n) is 4.74.